The Morgan fingerprint density at radius 2 is 0.971 bits per heavy atom. The molecule has 8 atom stereocenters. The number of aliphatic hydroxyl groups is 6. The number of nitrogens with zero attached hydrogens (tertiary/aromatic N) is 2. The number of aliphatic hydroxyl groups excluding tert-OH is 4. The number of aromatic hydroxyl groups is 2. The minimum atomic E-state index is -2.75. The van der Waals surface area contributed by atoms with Gasteiger partial charge in [-0.05, 0) is 114 Å². The number of primary amides is 2. The summed E-state index contributed by atoms with van der Waals surface area (Å²) in [6, 6.07) is 3.48. The van der Waals surface area contributed by atoms with Gasteiger partial charge in [0.25, 0.3) is 11.8 Å². The van der Waals surface area contributed by atoms with E-state index in [1.807, 2.05) is 0 Å². The number of carbonyl (C=O) groups excluding carboxylic acids is 6. The number of hydrogen-bond donors (Lipinski definition) is 10. The van der Waals surface area contributed by atoms with E-state index in [1.165, 1.54) is 21.9 Å². The fourth-order valence-electron chi connectivity index (χ4n) is 11.5. The van der Waals surface area contributed by atoms with Crippen LogP contribution < -0.4 is 11.5 Å². The topological polar surface area (TPSA) is 323 Å². The number of rotatable bonds is 7. The van der Waals surface area contributed by atoms with E-state index >= 15 is 0 Å². The number of hydrogen-bond acceptors (Lipinski definition) is 16. The molecule has 0 saturated heterocycles. The molecule has 0 fully saturated rings. The predicted molar refractivity (Wildman–Crippen MR) is 240 cm³/mol. The molecule has 0 spiro atoms. The highest BCUT2D eigenvalue weighted by Crippen LogP contribution is 2.54. The number of amides is 2. The van der Waals surface area contributed by atoms with Crippen molar-refractivity contribution < 1.29 is 69.6 Å². The maximum Gasteiger partial charge on any atom is 0.255 e. The van der Waals surface area contributed by atoms with E-state index in [0.29, 0.717) is 47.9 Å². The van der Waals surface area contributed by atoms with Crippen LogP contribution in [-0.2, 0) is 32.0 Å². The number of ketones is 4. The summed E-state index contributed by atoms with van der Waals surface area (Å²) in [5.74, 6) is -2.36. The van der Waals surface area contributed by atoms with Crippen molar-refractivity contribution in [2.24, 2.45) is 35.1 Å². The average molecular weight is 931 g/mol. The van der Waals surface area contributed by atoms with E-state index in [0.717, 1.165) is 0 Å². The first kappa shape index (κ1) is 47.3. The molecule has 12 N–H and O–H groups in total. The highest BCUT2D eigenvalue weighted by molar-refractivity contribution is 6.26. The van der Waals surface area contributed by atoms with Gasteiger partial charge < -0.3 is 52.3 Å². The quantitative estimate of drug-likeness (QED) is 0.107. The molecule has 0 radical (unpaired) electrons. The van der Waals surface area contributed by atoms with Gasteiger partial charge in [-0.2, -0.15) is 0 Å². The van der Waals surface area contributed by atoms with Gasteiger partial charge in [0.05, 0.1) is 23.2 Å². The standard InChI is InChI=1S/C50H50N4O14/c1-53(2)37-27-19-23-17-25-21(13-15-29(55)33(25)39(57)31(23)43(61)49(27,67)45(63)35(41(37)59)47(51)65)11-9-7-5-6-8-10-12-22-14-16-30(56)34-26(22)18-24-20-28-38(54(3)4)42(60)36(48(52)66)46(64)50(28,68)44(62)32(24)40(34)58/h13-16,23-24,27-28,37-38,55-56,59-62,67-68H,5-8,17-20H2,1-4H3,(H2,51,65)(H2,52,66)/t23-,24-,27-,28-,37-,38+,49-,50-/m0/s1. The zero-order valence-corrected chi connectivity index (χ0v) is 37.5. The fourth-order valence-corrected chi connectivity index (χ4v) is 11.5. The maximum absolute atomic E-state index is 14.1. The van der Waals surface area contributed by atoms with Gasteiger partial charge in [0.2, 0.25) is 11.6 Å². The molecule has 0 bridgehead atoms. The number of Topliss-reactive ketones (excluding diaryl/α,β-unsaturated/α-hetero) is 4. The minimum absolute atomic E-state index is 0.0609. The van der Waals surface area contributed by atoms with Gasteiger partial charge >= 0.3 is 0 Å². The molecule has 6 aliphatic carbocycles. The lowest BCUT2D eigenvalue weighted by Gasteiger charge is -2.50. The highest BCUT2D eigenvalue weighted by Gasteiger charge is 2.65. The summed E-state index contributed by atoms with van der Waals surface area (Å²) >= 11 is 0. The Hall–Kier alpha value is -7.22. The van der Waals surface area contributed by atoms with Crippen LogP contribution in [-0.4, -0.2) is 137 Å². The zero-order chi connectivity index (χ0) is 49.6. The van der Waals surface area contributed by atoms with Crippen molar-refractivity contribution in [3.8, 4) is 35.2 Å². The second-order valence-electron chi connectivity index (χ2n) is 18.7. The predicted octanol–water partition coefficient (Wildman–Crippen LogP) is 1.52. The van der Waals surface area contributed by atoms with Crippen molar-refractivity contribution in [2.45, 2.75) is 74.7 Å². The smallest absolute Gasteiger partial charge is 0.255 e. The molecule has 354 valence electrons. The van der Waals surface area contributed by atoms with Crippen LogP contribution in [0.25, 0.3) is 0 Å². The first-order chi connectivity index (χ1) is 32.0. The number of phenols is 2. The number of phenolic OH excluding ortho intramolecular Hbond substituents is 2. The molecule has 18 heteroatoms. The number of unbranched alkanes of at least 4 members (excludes halogenated alkanes) is 3. The molecular weight excluding hydrogens is 881 g/mol. The Morgan fingerprint density at radius 3 is 1.29 bits per heavy atom. The fraction of sp³-hybridized carbons (Fsp3) is 0.400. The normalized spacial score (nSPS) is 28.5. The molecule has 0 unspecified atom stereocenters. The van der Waals surface area contributed by atoms with Crippen LogP contribution in [0, 0.1) is 47.4 Å². The zero-order valence-electron chi connectivity index (χ0n) is 37.5. The summed E-state index contributed by atoms with van der Waals surface area (Å²) < 4.78 is 0. The summed E-state index contributed by atoms with van der Waals surface area (Å²) in [5, 5.41) is 90.6. The molecule has 6 aliphatic rings. The molecule has 0 heterocycles. The van der Waals surface area contributed by atoms with Crippen LogP contribution in [0.2, 0.25) is 0 Å². The second kappa shape index (κ2) is 16.8. The van der Waals surface area contributed by atoms with Crippen LogP contribution in [0.1, 0.15) is 81.5 Å². The van der Waals surface area contributed by atoms with Crippen molar-refractivity contribution in [1.82, 2.24) is 9.80 Å². The lowest BCUT2D eigenvalue weighted by Crippen LogP contribution is -2.63. The van der Waals surface area contributed by atoms with Crippen molar-refractivity contribution in [1.29, 1.82) is 0 Å². The van der Waals surface area contributed by atoms with Crippen molar-refractivity contribution in [3.63, 3.8) is 0 Å². The van der Waals surface area contributed by atoms with Gasteiger partial charge in [-0.15, -0.1) is 0 Å². The molecule has 2 aromatic carbocycles. The van der Waals surface area contributed by atoms with Gasteiger partial charge in [0.1, 0.15) is 45.7 Å². The van der Waals surface area contributed by atoms with Crippen LogP contribution in [0.5, 0.6) is 11.5 Å². The molecule has 8 rings (SSSR count). The summed E-state index contributed by atoms with van der Waals surface area (Å²) in [6.45, 7) is 0. The van der Waals surface area contributed by atoms with Crippen LogP contribution in [0.4, 0.5) is 0 Å². The molecule has 68 heavy (non-hydrogen) atoms. The van der Waals surface area contributed by atoms with E-state index < -0.39 is 128 Å². The Balaban J connectivity index is 0.980. The highest BCUT2D eigenvalue weighted by atomic mass is 16.4. The Bertz CT molecular complexity index is 2760. The number of allylic oxidation sites excluding steroid dienone is 2. The number of benzene rings is 2. The Labute approximate surface area is 389 Å². The third kappa shape index (κ3) is 6.81. The Kier molecular flexibility index (Phi) is 11.7. The second-order valence-corrected chi connectivity index (χ2v) is 18.7. The van der Waals surface area contributed by atoms with Crippen LogP contribution in [0.15, 0.2) is 69.6 Å². The van der Waals surface area contributed by atoms with Gasteiger partial charge in [0.15, 0.2) is 22.8 Å². The molecule has 2 amide bonds. The van der Waals surface area contributed by atoms with E-state index in [9.17, 15) is 69.6 Å². The molecule has 0 aromatic heterocycles. The molecule has 2 aromatic rings. The summed E-state index contributed by atoms with van der Waals surface area (Å²) in [7, 11) is 6.21. The van der Waals surface area contributed by atoms with E-state index in [4.69, 9.17) is 11.5 Å². The number of carbonyl (C=O) groups is 6. The van der Waals surface area contributed by atoms with Crippen molar-refractivity contribution >= 4 is 34.9 Å². The average Bonchev–Trinajstić information content (AvgIpc) is 3.25. The summed E-state index contributed by atoms with van der Waals surface area (Å²) in [5.41, 5.74) is 4.46. The first-order valence-corrected chi connectivity index (χ1v) is 22.0. The molecule has 0 aliphatic heterocycles. The summed E-state index contributed by atoms with van der Waals surface area (Å²) in [6.07, 6.45) is 2.09. The number of fused-ring (bicyclic) bond motifs is 6. The summed E-state index contributed by atoms with van der Waals surface area (Å²) in [4.78, 5) is 82.7. The largest absolute Gasteiger partial charge is 0.510 e. The molecule has 18 nitrogen and oxygen atoms in total. The van der Waals surface area contributed by atoms with Gasteiger partial charge in [-0.25, -0.2) is 0 Å². The van der Waals surface area contributed by atoms with Crippen LogP contribution >= 0.6 is 0 Å². The SMILES string of the molecule is CN(C)[C@@H]1C(O)=C(C(N)=O)C(=O)[C@@]2(O)C(O)=C3C(=O)c4c(O)ccc(C#CCCCCC#Cc5ccc(O)c6c5C[C@H]5C[C@H]7[C@@H](N(C)C)C(O)=C(C(N)=O)C(=O)[C@@]7(O)C(O)=C5C6=O)c4C[C@H]3C[C@@H]12. The number of likely N-dealkylation sites (N-methyl/N-ethyl adjacent to an activating group) is 2. The van der Waals surface area contributed by atoms with Crippen molar-refractivity contribution in [3.05, 3.63) is 103 Å². The van der Waals surface area contributed by atoms with Gasteiger partial charge in [-0.1, -0.05) is 23.7 Å². The maximum atomic E-state index is 14.1. The minimum Gasteiger partial charge on any atom is -0.510 e. The van der Waals surface area contributed by atoms with E-state index in [2.05, 4.69) is 23.7 Å². The van der Waals surface area contributed by atoms with Crippen LogP contribution in [0.3, 0.4) is 0 Å². The van der Waals surface area contributed by atoms with E-state index in [1.54, 1.807) is 40.3 Å². The van der Waals surface area contributed by atoms with E-state index in [-0.39, 0.29) is 48.0 Å². The molecule has 0 saturated carbocycles. The third-order valence-electron chi connectivity index (χ3n) is 14.5. The molecular formula is C50H50N4O14. The van der Waals surface area contributed by atoms with Gasteiger partial charge in [0, 0.05) is 47.0 Å². The number of nitrogens with two attached hydrogens (primary N) is 2. The first-order valence-electron chi connectivity index (χ1n) is 22.0. The lowest BCUT2D eigenvalue weighted by molar-refractivity contribution is -0.149. The third-order valence-corrected chi connectivity index (χ3v) is 14.5. The monoisotopic (exact) mass is 930 g/mol. The van der Waals surface area contributed by atoms with Crippen molar-refractivity contribution in [2.75, 3.05) is 28.2 Å². The lowest BCUT2D eigenvalue weighted by atomic mass is 9.58. The Morgan fingerprint density at radius 1 is 0.618 bits per heavy atom. The van der Waals surface area contributed by atoms with Gasteiger partial charge in [-0.3, -0.25) is 38.6 Å².